The largest absolute Gasteiger partial charge is 0.418 e. The maximum Gasteiger partial charge on any atom is 0.416 e. The Labute approximate surface area is 176 Å². The molecule has 1 saturated heterocycles. The van der Waals surface area contributed by atoms with E-state index in [1.165, 1.54) is 37.6 Å². The van der Waals surface area contributed by atoms with Gasteiger partial charge in [0.2, 0.25) is 11.8 Å². The van der Waals surface area contributed by atoms with Crippen LogP contribution in [0.5, 0.6) is 0 Å². The number of halogens is 3. The number of hydrogen-bond acceptors (Lipinski definition) is 6. The van der Waals surface area contributed by atoms with Gasteiger partial charge >= 0.3 is 6.18 Å². The van der Waals surface area contributed by atoms with Crippen LogP contribution >= 0.6 is 0 Å². The van der Waals surface area contributed by atoms with Crippen LogP contribution in [0.3, 0.4) is 0 Å². The van der Waals surface area contributed by atoms with Crippen LogP contribution in [-0.2, 0) is 11.0 Å². The van der Waals surface area contributed by atoms with Gasteiger partial charge in [0.1, 0.15) is 5.92 Å². The van der Waals surface area contributed by atoms with Crippen LogP contribution in [0, 0.1) is 0 Å². The van der Waals surface area contributed by atoms with Gasteiger partial charge in [-0.05, 0) is 42.8 Å². The highest BCUT2D eigenvalue weighted by molar-refractivity contribution is 5.84. The molecule has 0 radical (unpaired) electrons. The van der Waals surface area contributed by atoms with E-state index in [4.69, 9.17) is 4.42 Å². The minimum Gasteiger partial charge on any atom is -0.418 e. The summed E-state index contributed by atoms with van der Waals surface area (Å²) in [6.45, 7) is 0.547. The molecular formula is C21H20F3N5O2. The highest BCUT2D eigenvalue weighted by atomic mass is 19.4. The Kier molecular flexibility index (Phi) is 5.88. The molecule has 1 saturated carbocycles. The predicted molar refractivity (Wildman–Crippen MR) is 106 cm³/mol. The van der Waals surface area contributed by atoms with Crippen molar-refractivity contribution in [3.8, 4) is 11.6 Å². The lowest BCUT2D eigenvalue weighted by Gasteiger charge is -2.11. The highest BCUT2D eigenvalue weighted by Gasteiger charge is 2.32. The van der Waals surface area contributed by atoms with Gasteiger partial charge in [-0.1, -0.05) is 19.3 Å². The smallest absolute Gasteiger partial charge is 0.416 e. The van der Waals surface area contributed by atoms with Gasteiger partial charge in [-0.3, -0.25) is 4.79 Å². The first-order valence-electron chi connectivity index (χ1n) is 9.92. The number of amides is 1. The van der Waals surface area contributed by atoms with Crippen molar-refractivity contribution in [3.05, 3.63) is 54.0 Å². The Bertz CT molecular complexity index is 1040. The monoisotopic (exact) mass is 431 g/mol. The second kappa shape index (κ2) is 8.75. The fourth-order valence-electron chi connectivity index (χ4n) is 2.88. The third-order valence-electron chi connectivity index (χ3n) is 4.64. The van der Waals surface area contributed by atoms with E-state index in [1.807, 2.05) is 0 Å². The van der Waals surface area contributed by atoms with Gasteiger partial charge in [-0.25, -0.2) is 4.98 Å². The number of nitrogens with one attached hydrogen (secondary N) is 2. The number of aromatic nitrogens is 3. The number of anilines is 2. The summed E-state index contributed by atoms with van der Waals surface area (Å²) in [6, 6.07) is 7.97. The first kappa shape index (κ1) is 20.8. The normalized spacial score (nSPS) is 17.5. The molecule has 1 unspecified atom stereocenters. The number of benzene rings is 1. The summed E-state index contributed by atoms with van der Waals surface area (Å²) in [5.74, 6) is -0.337. The number of carbonyl (C=O) groups excluding carboxylic acids is 1. The van der Waals surface area contributed by atoms with Crippen LogP contribution in [0.25, 0.3) is 11.6 Å². The SMILES string of the molecule is C1CC1.O=C1NCCC1c1nnc(-c2ncccc2Nc2ccc(C(F)(F)F)cc2)o1. The Morgan fingerprint density at radius 2 is 1.81 bits per heavy atom. The van der Waals surface area contributed by atoms with E-state index in [-0.39, 0.29) is 17.7 Å². The summed E-state index contributed by atoms with van der Waals surface area (Å²) in [6.07, 6.45) is 2.20. The molecule has 3 heterocycles. The third kappa shape index (κ3) is 5.19. The number of hydrogen-bond donors (Lipinski definition) is 2. The Morgan fingerprint density at radius 1 is 1.06 bits per heavy atom. The second-order valence-corrected chi connectivity index (χ2v) is 7.24. The molecule has 5 rings (SSSR count). The molecule has 2 aromatic heterocycles. The lowest BCUT2D eigenvalue weighted by molar-refractivity contribution is -0.137. The first-order valence-corrected chi connectivity index (χ1v) is 9.92. The van der Waals surface area contributed by atoms with Gasteiger partial charge in [0.15, 0.2) is 5.69 Å². The van der Waals surface area contributed by atoms with E-state index in [1.54, 1.807) is 12.1 Å². The quantitative estimate of drug-likeness (QED) is 0.624. The van der Waals surface area contributed by atoms with Crippen molar-refractivity contribution in [2.75, 3.05) is 11.9 Å². The maximum absolute atomic E-state index is 12.7. The van der Waals surface area contributed by atoms with Gasteiger partial charge in [0.25, 0.3) is 5.89 Å². The fourth-order valence-corrected chi connectivity index (χ4v) is 2.88. The summed E-state index contributed by atoms with van der Waals surface area (Å²) in [7, 11) is 0. The molecule has 1 aliphatic carbocycles. The summed E-state index contributed by atoms with van der Waals surface area (Å²) < 4.78 is 43.7. The first-order chi connectivity index (χ1) is 14.9. The van der Waals surface area contributed by atoms with E-state index in [0.717, 1.165) is 12.1 Å². The van der Waals surface area contributed by atoms with Crippen LogP contribution in [0.2, 0.25) is 0 Å². The number of nitrogens with zero attached hydrogens (tertiary/aromatic N) is 3. The van der Waals surface area contributed by atoms with E-state index >= 15 is 0 Å². The zero-order valence-electron chi connectivity index (χ0n) is 16.4. The molecule has 3 aromatic rings. The summed E-state index contributed by atoms with van der Waals surface area (Å²) in [5.41, 5.74) is 0.519. The fraction of sp³-hybridized carbons (Fsp3) is 0.333. The van der Waals surface area contributed by atoms with Crippen molar-refractivity contribution < 1.29 is 22.4 Å². The topological polar surface area (TPSA) is 92.9 Å². The van der Waals surface area contributed by atoms with Crippen LogP contribution in [0.1, 0.15) is 43.1 Å². The number of carbonyl (C=O) groups is 1. The highest BCUT2D eigenvalue weighted by Crippen LogP contribution is 2.32. The molecule has 2 aliphatic rings. The lowest BCUT2D eigenvalue weighted by Crippen LogP contribution is -2.18. The molecule has 1 atom stereocenters. The van der Waals surface area contributed by atoms with Crippen LogP contribution in [-0.4, -0.2) is 27.6 Å². The van der Waals surface area contributed by atoms with E-state index in [2.05, 4.69) is 25.8 Å². The Hall–Kier alpha value is -3.43. The minimum absolute atomic E-state index is 0.115. The molecule has 1 aliphatic heterocycles. The Balaban J connectivity index is 0.000000710. The summed E-state index contributed by atoms with van der Waals surface area (Å²) in [4.78, 5) is 16.0. The van der Waals surface area contributed by atoms with Gasteiger partial charge in [0, 0.05) is 18.4 Å². The molecule has 10 heteroatoms. The van der Waals surface area contributed by atoms with Gasteiger partial charge in [0.05, 0.1) is 11.3 Å². The molecule has 2 N–H and O–H groups in total. The van der Waals surface area contributed by atoms with Crippen LogP contribution in [0.4, 0.5) is 24.5 Å². The molecule has 1 amide bonds. The maximum atomic E-state index is 12.7. The molecule has 1 aromatic carbocycles. The average molecular weight is 431 g/mol. The zero-order valence-corrected chi connectivity index (χ0v) is 16.4. The van der Waals surface area contributed by atoms with Crippen molar-refractivity contribution in [1.29, 1.82) is 0 Å². The Morgan fingerprint density at radius 3 is 2.42 bits per heavy atom. The molecule has 31 heavy (non-hydrogen) atoms. The van der Waals surface area contributed by atoms with Crippen molar-refractivity contribution in [2.24, 2.45) is 0 Å². The number of alkyl halides is 3. The molecular weight excluding hydrogens is 411 g/mol. The van der Waals surface area contributed by atoms with Gasteiger partial charge in [-0.15, -0.1) is 10.2 Å². The van der Waals surface area contributed by atoms with Crippen LogP contribution in [0.15, 0.2) is 47.0 Å². The van der Waals surface area contributed by atoms with Crippen molar-refractivity contribution in [3.63, 3.8) is 0 Å². The standard InChI is InChI=1S/C18H14F3N5O2.C3H6/c19-18(20,21)10-3-5-11(6-4-10)24-13-2-1-8-22-14(13)17-26-25-16(28-17)12-7-9-23-15(12)27;1-2-3-1/h1-6,8,12,24H,7,9H2,(H,23,27);1-3H2. The lowest BCUT2D eigenvalue weighted by atomic mass is 10.1. The molecule has 2 fully saturated rings. The van der Waals surface area contributed by atoms with Crippen LogP contribution < -0.4 is 10.6 Å². The van der Waals surface area contributed by atoms with Crippen molar-refractivity contribution >= 4 is 17.3 Å². The molecule has 162 valence electrons. The van der Waals surface area contributed by atoms with Crippen molar-refractivity contribution in [2.45, 2.75) is 37.8 Å². The number of rotatable bonds is 4. The van der Waals surface area contributed by atoms with E-state index in [0.29, 0.717) is 30.0 Å². The van der Waals surface area contributed by atoms with Gasteiger partial charge < -0.3 is 15.1 Å². The van der Waals surface area contributed by atoms with E-state index < -0.39 is 17.7 Å². The zero-order chi connectivity index (χ0) is 21.8. The summed E-state index contributed by atoms with van der Waals surface area (Å²) >= 11 is 0. The minimum atomic E-state index is -4.40. The third-order valence-corrected chi connectivity index (χ3v) is 4.64. The predicted octanol–water partition coefficient (Wildman–Crippen LogP) is 4.67. The van der Waals surface area contributed by atoms with Crippen molar-refractivity contribution in [1.82, 2.24) is 20.5 Å². The summed E-state index contributed by atoms with van der Waals surface area (Å²) in [5, 5.41) is 13.6. The second-order valence-electron chi connectivity index (χ2n) is 7.24. The van der Waals surface area contributed by atoms with E-state index in [9.17, 15) is 18.0 Å². The average Bonchev–Trinajstić information content (AvgIpc) is 3.45. The van der Waals surface area contributed by atoms with Gasteiger partial charge in [-0.2, -0.15) is 13.2 Å². The molecule has 0 bridgehead atoms. The number of pyridine rings is 1. The molecule has 7 nitrogen and oxygen atoms in total. The molecule has 0 spiro atoms.